The lowest BCUT2D eigenvalue weighted by atomic mass is 10.2. The third-order valence-corrected chi connectivity index (χ3v) is 4.85. The molecule has 3 rings (SSSR count). The summed E-state index contributed by atoms with van der Waals surface area (Å²) >= 11 is 1.59. The number of piperazine rings is 1. The van der Waals surface area contributed by atoms with Crippen LogP contribution in [0.5, 0.6) is 0 Å². The fourth-order valence-electron chi connectivity index (χ4n) is 2.69. The molecule has 2 aromatic heterocycles. The van der Waals surface area contributed by atoms with E-state index >= 15 is 0 Å². The lowest BCUT2D eigenvalue weighted by Gasteiger charge is -2.35. The van der Waals surface area contributed by atoms with E-state index in [1.165, 1.54) is 0 Å². The van der Waals surface area contributed by atoms with Crippen molar-refractivity contribution in [3.05, 3.63) is 34.2 Å². The van der Waals surface area contributed by atoms with Crippen LogP contribution in [0.15, 0.2) is 17.8 Å². The van der Waals surface area contributed by atoms with Gasteiger partial charge in [0.1, 0.15) is 12.1 Å². The second-order valence-electron chi connectivity index (χ2n) is 5.62. The van der Waals surface area contributed by atoms with Gasteiger partial charge in [-0.15, -0.1) is 11.3 Å². The molecule has 2 aromatic rings. The van der Waals surface area contributed by atoms with Crippen molar-refractivity contribution in [1.29, 1.82) is 0 Å². The number of amides is 1. The molecule has 0 radical (unpaired) electrons. The van der Waals surface area contributed by atoms with Crippen LogP contribution in [0, 0.1) is 6.92 Å². The summed E-state index contributed by atoms with van der Waals surface area (Å²) in [5, 5.41) is 2.98. The molecule has 0 spiro atoms. The second-order valence-corrected chi connectivity index (χ2v) is 6.69. The topological polar surface area (TPSA) is 62.2 Å². The van der Waals surface area contributed by atoms with Crippen molar-refractivity contribution in [2.75, 3.05) is 31.1 Å². The minimum Gasteiger partial charge on any atom is -0.353 e. The number of anilines is 1. The zero-order valence-electron chi connectivity index (χ0n) is 13.5. The predicted molar refractivity (Wildman–Crippen MR) is 90.8 cm³/mol. The Labute approximate surface area is 140 Å². The smallest absolute Gasteiger partial charge is 0.228 e. The van der Waals surface area contributed by atoms with E-state index in [0.717, 1.165) is 54.8 Å². The SMILES string of the molecule is CCc1cc(N2CCN(C(=O)Cc3csc(C)n3)CC2)ncn1. The van der Waals surface area contributed by atoms with Crippen molar-refractivity contribution in [3.8, 4) is 0 Å². The van der Waals surface area contributed by atoms with Crippen LogP contribution in [0.3, 0.4) is 0 Å². The molecule has 3 heterocycles. The van der Waals surface area contributed by atoms with E-state index in [4.69, 9.17) is 0 Å². The van der Waals surface area contributed by atoms with Crippen LogP contribution in [0.4, 0.5) is 5.82 Å². The van der Waals surface area contributed by atoms with Crippen molar-refractivity contribution in [1.82, 2.24) is 19.9 Å². The molecule has 0 aromatic carbocycles. The average molecular weight is 331 g/mol. The molecule has 0 saturated carbocycles. The van der Waals surface area contributed by atoms with Crippen LogP contribution in [0.2, 0.25) is 0 Å². The zero-order valence-corrected chi connectivity index (χ0v) is 14.3. The largest absolute Gasteiger partial charge is 0.353 e. The van der Waals surface area contributed by atoms with Crippen molar-refractivity contribution in [2.45, 2.75) is 26.7 Å². The minimum atomic E-state index is 0.159. The molecule has 1 aliphatic rings. The summed E-state index contributed by atoms with van der Waals surface area (Å²) in [5.41, 5.74) is 1.93. The van der Waals surface area contributed by atoms with Crippen LogP contribution in [-0.2, 0) is 17.6 Å². The summed E-state index contributed by atoms with van der Waals surface area (Å²) in [7, 11) is 0. The van der Waals surface area contributed by atoms with Gasteiger partial charge in [0.05, 0.1) is 17.1 Å². The van der Waals surface area contributed by atoms with Gasteiger partial charge >= 0.3 is 0 Å². The Morgan fingerprint density at radius 1 is 1.22 bits per heavy atom. The zero-order chi connectivity index (χ0) is 16.2. The van der Waals surface area contributed by atoms with Gasteiger partial charge in [-0.25, -0.2) is 15.0 Å². The molecule has 122 valence electrons. The van der Waals surface area contributed by atoms with Gasteiger partial charge in [-0.05, 0) is 13.3 Å². The van der Waals surface area contributed by atoms with Gasteiger partial charge in [0.2, 0.25) is 5.91 Å². The average Bonchev–Trinajstić information content (AvgIpc) is 3.00. The van der Waals surface area contributed by atoms with Crippen LogP contribution in [0.1, 0.15) is 23.3 Å². The Bertz CT molecular complexity index is 679. The number of carbonyl (C=O) groups excluding carboxylic acids is 1. The number of aryl methyl sites for hydroxylation is 2. The Morgan fingerprint density at radius 3 is 2.65 bits per heavy atom. The normalized spacial score (nSPS) is 15.0. The van der Waals surface area contributed by atoms with Crippen molar-refractivity contribution < 1.29 is 4.79 Å². The number of hydrogen-bond acceptors (Lipinski definition) is 6. The summed E-state index contributed by atoms with van der Waals surface area (Å²) in [6.45, 7) is 7.12. The maximum Gasteiger partial charge on any atom is 0.228 e. The molecule has 0 N–H and O–H groups in total. The Balaban J connectivity index is 1.56. The lowest BCUT2D eigenvalue weighted by molar-refractivity contribution is -0.130. The van der Waals surface area contributed by atoms with Gasteiger partial charge in [0.25, 0.3) is 0 Å². The second kappa shape index (κ2) is 7.04. The molecular formula is C16H21N5OS. The standard InChI is InChI=1S/C16H21N5OS/c1-3-13-8-15(18-11-17-13)20-4-6-21(7-5-20)16(22)9-14-10-23-12(2)19-14/h8,10-11H,3-7,9H2,1-2H3. The van der Waals surface area contributed by atoms with E-state index in [2.05, 4.69) is 26.8 Å². The fraction of sp³-hybridized carbons (Fsp3) is 0.500. The highest BCUT2D eigenvalue weighted by Crippen LogP contribution is 2.15. The van der Waals surface area contributed by atoms with Gasteiger partial charge in [-0.1, -0.05) is 6.92 Å². The van der Waals surface area contributed by atoms with E-state index in [9.17, 15) is 4.79 Å². The van der Waals surface area contributed by atoms with Gasteiger partial charge in [-0.2, -0.15) is 0 Å². The Hall–Kier alpha value is -2.02. The highest BCUT2D eigenvalue weighted by molar-refractivity contribution is 7.09. The number of hydrogen-bond donors (Lipinski definition) is 0. The molecule has 1 saturated heterocycles. The molecule has 7 heteroatoms. The molecule has 1 aliphatic heterocycles. The van der Waals surface area contributed by atoms with Crippen LogP contribution in [0.25, 0.3) is 0 Å². The summed E-state index contributed by atoms with van der Waals surface area (Å²) in [6, 6.07) is 2.04. The number of aromatic nitrogens is 3. The van der Waals surface area contributed by atoms with E-state index in [1.807, 2.05) is 23.3 Å². The first-order valence-corrected chi connectivity index (χ1v) is 8.78. The summed E-state index contributed by atoms with van der Waals surface area (Å²) in [4.78, 5) is 29.5. The van der Waals surface area contributed by atoms with E-state index < -0.39 is 0 Å². The van der Waals surface area contributed by atoms with Gasteiger partial charge in [-0.3, -0.25) is 4.79 Å². The van der Waals surface area contributed by atoms with E-state index in [0.29, 0.717) is 6.42 Å². The van der Waals surface area contributed by atoms with Crippen LogP contribution >= 0.6 is 11.3 Å². The highest BCUT2D eigenvalue weighted by atomic mass is 32.1. The fourth-order valence-corrected chi connectivity index (χ4v) is 3.31. The van der Waals surface area contributed by atoms with Crippen molar-refractivity contribution >= 4 is 23.1 Å². The van der Waals surface area contributed by atoms with Crippen molar-refractivity contribution in [3.63, 3.8) is 0 Å². The first-order chi connectivity index (χ1) is 11.2. The lowest BCUT2D eigenvalue weighted by Crippen LogP contribution is -2.49. The Morgan fingerprint density at radius 2 is 2.00 bits per heavy atom. The number of nitrogens with zero attached hydrogens (tertiary/aromatic N) is 5. The molecule has 1 fully saturated rings. The quantitative estimate of drug-likeness (QED) is 0.853. The summed E-state index contributed by atoms with van der Waals surface area (Å²) in [5.74, 6) is 1.12. The molecule has 0 aliphatic carbocycles. The van der Waals surface area contributed by atoms with Crippen LogP contribution in [-0.4, -0.2) is 51.9 Å². The molecule has 23 heavy (non-hydrogen) atoms. The number of carbonyl (C=O) groups is 1. The molecular weight excluding hydrogens is 310 g/mol. The van der Waals surface area contributed by atoms with Gasteiger partial charge in [0, 0.05) is 43.3 Å². The van der Waals surface area contributed by atoms with Gasteiger partial charge in [0.15, 0.2) is 0 Å². The maximum atomic E-state index is 12.4. The van der Waals surface area contributed by atoms with Crippen LogP contribution < -0.4 is 4.90 Å². The molecule has 6 nitrogen and oxygen atoms in total. The monoisotopic (exact) mass is 331 g/mol. The summed E-state index contributed by atoms with van der Waals surface area (Å²) in [6.07, 6.45) is 2.93. The third kappa shape index (κ3) is 3.85. The first-order valence-electron chi connectivity index (χ1n) is 7.90. The molecule has 1 amide bonds. The maximum absolute atomic E-state index is 12.4. The predicted octanol–water partition coefficient (Wildman–Crippen LogP) is 1.70. The minimum absolute atomic E-state index is 0.159. The number of thiazole rings is 1. The van der Waals surface area contributed by atoms with E-state index in [1.54, 1.807) is 17.7 Å². The van der Waals surface area contributed by atoms with E-state index in [-0.39, 0.29) is 5.91 Å². The van der Waals surface area contributed by atoms with Crippen molar-refractivity contribution in [2.24, 2.45) is 0 Å². The highest BCUT2D eigenvalue weighted by Gasteiger charge is 2.22. The molecule has 0 atom stereocenters. The Kier molecular flexibility index (Phi) is 4.85. The van der Waals surface area contributed by atoms with Gasteiger partial charge < -0.3 is 9.80 Å². The number of rotatable bonds is 4. The third-order valence-electron chi connectivity index (χ3n) is 4.03. The molecule has 0 unspecified atom stereocenters. The summed E-state index contributed by atoms with van der Waals surface area (Å²) < 4.78 is 0. The first kappa shape index (κ1) is 15.9. The molecule has 0 bridgehead atoms.